The normalized spacial score (nSPS) is 14.8. The number of piperidine rings is 1. The third kappa shape index (κ3) is 6.59. The maximum absolute atomic E-state index is 12.6. The zero-order valence-corrected chi connectivity index (χ0v) is 17.5. The molecule has 30 heavy (non-hydrogen) atoms. The standard InChI is InChI=1S/C24H30N2O4/c1-2-29-21-8-10-22(11-9-21)30-17-14-25-23(27)18-26-15-12-20(13-16-26)24(28)19-6-4-3-5-7-19/h3-11,20H,2,12-18H2,1H3,(H,25,27). The van der Waals surface area contributed by atoms with Crippen LogP contribution in [0.3, 0.4) is 0 Å². The van der Waals surface area contributed by atoms with Gasteiger partial charge in [-0.15, -0.1) is 0 Å². The molecule has 0 unspecified atom stereocenters. The van der Waals surface area contributed by atoms with Gasteiger partial charge in [-0.3, -0.25) is 14.5 Å². The number of carbonyl (C=O) groups excluding carboxylic acids is 2. The van der Waals surface area contributed by atoms with Crippen LogP contribution in [-0.2, 0) is 4.79 Å². The molecular weight excluding hydrogens is 380 g/mol. The van der Waals surface area contributed by atoms with Gasteiger partial charge in [-0.1, -0.05) is 30.3 Å². The molecule has 1 amide bonds. The maximum Gasteiger partial charge on any atom is 0.234 e. The molecule has 1 N–H and O–H groups in total. The van der Waals surface area contributed by atoms with Crippen LogP contribution in [0.1, 0.15) is 30.1 Å². The number of carbonyl (C=O) groups is 2. The number of benzene rings is 2. The molecule has 1 aliphatic rings. The van der Waals surface area contributed by atoms with E-state index in [4.69, 9.17) is 9.47 Å². The van der Waals surface area contributed by atoms with E-state index >= 15 is 0 Å². The van der Waals surface area contributed by atoms with Crippen molar-refractivity contribution in [3.8, 4) is 11.5 Å². The minimum Gasteiger partial charge on any atom is -0.494 e. The molecule has 6 nitrogen and oxygen atoms in total. The Morgan fingerprint density at radius 1 is 0.967 bits per heavy atom. The van der Waals surface area contributed by atoms with E-state index in [1.165, 1.54) is 0 Å². The Hall–Kier alpha value is -2.86. The van der Waals surface area contributed by atoms with E-state index in [2.05, 4.69) is 10.2 Å². The minimum atomic E-state index is -0.0156. The van der Waals surface area contributed by atoms with Crippen LogP contribution in [0.4, 0.5) is 0 Å². The molecule has 0 saturated carbocycles. The summed E-state index contributed by atoms with van der Waals surface area (Å²) < 4.78 is 11.0. The maximum atomic E-state index is 12.6. The van der Waals surface area contributed by atoms with Gasteiger partial charge in [0.15, 0.2) is 5.78 Å². The number of hydrogen-bond acceptors (Lipinski definition) is 5. The van der Waals surface area contributed by atoms with Gasteiger partial charge >= 0.3 is 0 Å². The molecule has 1 fully saturated rings. The highest BCUT2D eigenvalue weighted by atomic mass is 16.5. The lowest BCUT2D eigenvalue weighted by molar-refractivity contribution is -0.122. The summed E-state index contributed by atoms with van der Waals surface area (Å²) >= 11 is 0. The summed E-state index contributed by atoms with van der Waals surface area (Å²) in [5.41, 5.74) is 0.779. The molecule has 2 aromatic rings. The number of ether oxygens (including phenoxy) is 2. The lowest BCUT2D eigenvalue weighted by Crippen LogP contribution is -2.43. The number of hydrogen-bond donors (Lipinski definition) is 1. The van der Waals surface area contributed by atoms with Crippen molar-refractivity contribution in [2.24, 2.45) is 5.92 Å². The van der Waals surface area contributed by atoms with Gasteiger partial charge in [-0.05, 0) is 57.1 Å². The van der Waals surface area contributed by atoms with E-state index in [1.54, 1.807) is 0 Å². The summed E-state index contributed by atoms with van der Waals surface area (Å²) in [6, 6.07) is 16.9. The topological polar surface area (TPSA) is 67.9 Å². The molecule has 3 rings (SSSR count). The molecule has 0 radical (unpaired) electrons. The number of likely N-dealkylation sites (tertiary alicyclic amines) is 1. The van der Waals surface area contributed by atoms with Gasteiger partial charge in [0.1, 0.15) is 18.1 Å². The average molecular weight is 411 g/mol. The van der Waals surface area contributed by atoms with Gasteiger partial charge in [-0.2, -0.15) is 0 Å². The Bertz CT molecular complexity index is 800. The van der Waals surface area contributed by atoms with E-state index < -0.39 is 0 Å². The molecular formula is C24H30N2O4. The van der Waals surface area contributed by atoms with Crippen LogP contribution in [0, 0.1) is 5.92 Å². The number of nitrogens with one attached hydrogen (secondary N) is 1. The number of ketones is 1. The van der Waals surface area contributed by atoms with Crippen molar-refractivity contribution in [3.05, 3.63) is 60.2 Å². The molecule has 160 valence electrons. The molecule has 2 aromatic carbocycles. The van der Waals surface area contributed by atoms with Gasteiger partial charge in [0.05, 0.1) is 19.7 Å². The SMILES string of the molecule is CCOc1ccc(OCCNC(=O)CN2CCC(C(=O)c3ccccc3)CC2)cc1. The van der Waals surface area contributed by atoms with Gasteiger partial charge in [0.25, 0.3) is 0 Å². The van der Waals surface area contributed by atoms with Crippen molar-refractivity contribution in [1.82, 2.24) is 10.2 Å². The second-order valence-corrected chi connectivity index (χ2v) is 7.38. The Balaban J connectivity index is 1.31. The summed E-state index contributed by atoms with van der Waals surface area (Å²) in [5.74, 6) is 1.81. The first-order valence-corrected chi connectivity index (χ1v) is 10.6. The Morgan fingerprint density at radius 2 is 1.60 bits per heavy atom. The van der Waals surface area contributed by atoms with Gasteiger partial charge in [0, 0.05) is 11.5 Å². The van der Waals surface area contributed by atoms with Gasteiger partial charge < -0.3 is 14.8 Å². The second kappa shape index (κ2) is 11.4. The van der Waals surface area contributed by atoms with Gasteiger partial charge in [-0.25, -0.2) is 0 Å². The largest absolute Gasteiger partial charge is 0.494 e. The Morgan fingerprint density at radius 3 is 2.23 bits per heavy atom. The molecule has 1 aliphatic heterocycles. The fourth-order valence-electron chi connectivity index (χ4n) is 3.61. The van der Waals surface area contributed by atoms with E-state index in [0.29, 0.717) is 26.3 Å². The van der Waals surface area contributed by atoms with Crippen LogP contribution in [0.15, 0.2) is 54.6 Å². The predicted octanol–water partition coefficient (Wildman–Crippen LogP) is 3.18. The average Bonchev–Trinajstić information content (AvgIpc) is 2.79. The lowest BCUT2D eigenvalue weighted by atomic mass is 9.89. The quantitative estimate of drug-likeness (QED) is 0.481. The third-order valence-electron chi connectivity index (χ3n) is 5.21. The number of rotatable bonds is 10. The smallest absolute Gasteiger partial charge is 0.234 e. The highest BCUT2D eigenvalue weighted by Gasteiger charge is 2.26. The summed E-state index contributed by atoms with van der Waals surface area (Å²) in [4.78, 5) is 26.8. The Kier molecular flexibility index (Phi) is 8.27. The van der Waals surface area contributed by atoms with Crippen LogP contribution in [0.5, 0.6) is 11.5 Å². The van der Waals surface area contributed by atoms with Crippen LogP contribution in [0.25, 0.3) is 0 Å². The molecule has 0 bridgehead atoms. The monoisotopic (exact) mass is 410 g/mol. The van der Waals surface area contributed by atoms with Crippen LogP contribution in [0.2, 0.25) is 0 Å². The zero-order valence-electron chi connectivity index (χ0n) is 17.5. The molecule has 0 aliphatic carbocycles. The molecule has 0 aromatic heterocycles. The second-order valence-electron chi connectivity index (χ2n) is 7.38. The van der Waals surface area contributed by atoms with Crippen molar-refractivity contribution in [2.45, 2.75) is 19.8 Å². The first kappa shape index (κ1) is 21.8. The Labute approximate surface area is 178 Å². The minimum absolute atomic E-state index is 0.0156. The number of Topliss-reactive ketones (excluding diaryl/α,β-unsaturated/α-hetero) is 1. The summed E-state index contributed by atoms with van der Waals surface area (Å²) in [6.45, 7) is 5.32. The number of amides is 1. The van der Waals surface area contributed by atoms with Crippen LogP contribution < -0.4 is 14.8 Å². The molecule has 0 spiro atoms. The highest BCUT2D eigenvalue weighted by Crippen LogP contribution is 2.21. The predicted molar refractivity (Wildman–Crippen MR) is 116 cm³/mol. The fourth-order valence-corrected chi connectivity index (χ4v) is 3.61. The molecule has 0 atom stereocenters. The summed E-state index contributed by atoms with van der Waals surface area (Å²) in [6.07, 6.45) is 1.59. The van der Waals surface area contributed by atoms with E-state index in [0.717, 1.165) is 43.0 Å². The zero-order chi connectivity index (χ0) is 21.2. The molecule has 1 saturated heterocycles. The van der Waals surface area contributed by atoms with E-state index in [1.807, 2.05) is 61.5 Å². The first-order valence-electron chi connectivity index (χ1n) is 10.6. The highest BCUT2D eigenvalue weighted by molar-refractivity contribution is 5.97. The fraction of sp³-hybridized carbons (Fsp3) is 0.417. The van der Waals surface area contributed by atoms with Crippen molar-refractivity contribution in [2.75, 3.05) is 39.4 Å². The third-order valence-corrected chi connectivity index (χ3v) is 5.21. The van der Waals surface area contributed by atoms with Crippen LogP contribution >= 0.6 is 0 Å². The van der Waals surface area contributed by atoms with Crippen LogP contribution in [-0.4, -0.2) is 56.0 Å². The number of nitrogens with zero attached hydrogens (tertiary/aromatic N) is 1. The van der Waals surface area contributed by atoms with E-state index in [9.17, 15) is 9.59 Å². The molecule has 1 heterocycles. The first-order chi connectivity index (χ1) is 14.7. The molecule has 6 heteroatoms. The summed E-state index contributed by atoms with van der Waals surface area (Å²) in [5, 5.41) is 2.89. The van der Waals surface area contributed by atoms with Crippen molar-refractivity contribution in [3.63, 3.8) is 0 Å². The van der Waals surface area contributed by atoms with Crippen molar-refractivity contribution in [1.29, 1.82) is 0 Å². The van der Waals surface area contributed by atoms with Gasteiger partial charge in [0.2, 0.25) is 5.91 Å². The summed E-state index contributed by atoms with van der Waals surface area (Å²) in [7, 11) is 0. The van der Waals surface area contributed by atoms with Crippen molar-refractivity contribution < 1.29 is 19.1 Å². The van der Waals surface area contributed by atoms with Crippen molar-refractivity contribution >= 4 is 11.7 Å². The lowest BCUT2D eigenvalue weighted by Gasteiger charge is -2.30. The van der Waals surface area contributed by atoms with E-state index in [-0.39, 0.29) is 17.6 Å².